The van der Waals surface area contributed by atoms with Gasteiger partial charge in [0.25, 0.3) is 0 Å². The Hall–Kier alpha value is -2.11. The highest BCUT2D eigenvalue weighted by atomic mass is 16.5. The summed E-state index contributed by atoms with van der Waals surface area (Å²) < 4.78 is 4.74. The van der Waals surface area contributed by atoms with Crippen molar-refractivity contribution in [3.63, 3.8) is 0 Å². The molecule has 21 heavy (non-hydrogen) atoms. The molecule has 1 aliphatic carbocycles. The molecular formula is C15H20N2O4. The highest BCUT2D eigenvalue weighted by Crippen LogP contribution is 2.34. The highest BCUT2D eigenvalue weighted by Gasteiger charge is 2.35. The SMILES string of the molecule is COC(=O)c1cccnc1NC1(CC(=O)O)CCCCC1. The smallest absolute Gasteiger partial charge is 0.341 e. The summed E-state index contributed by atoms with van der Waals surface area (Å²) in [5.74, 6) is -0.931. The van der Waals surface area contributed by atoms with Crippen LogP contribution in [0.25, 0.3) is 0 Å². The number of nitrogens with one attached hydrogen (secondary N) is 1. The molecule has 0 unspecified atom stereocenters. The van der Waals surface area contributed by atoms with E-state index in [0.29, 0.717) is 11.4 Å². The van der Waals surface area contributed by atoms with Gasteiger partial charge in [-0.1, -0.05) is 19.3 Å². The second-order valence-electron chi connectivity index (χ2n) is 5.43. The maximum atomic E-state index is 11.8. The van der Waals surface area contributed by atoms with Crippen LogP contribution >= 0.6 is 0 Å². The summed E-state index contributed by atoms with van der Waals surface area (Å²) in [7, 11) is 1.31. The fourth-order valence-electron chi connectivity index (χ4n) is 2.89. The number of nitrogens with zero attached hydrogens (tertiary/aromatic N) is 1. The van der Waals surface area contributed by atoms with E-state index < -0.39 is 17.5 Å². The number of hydrogen-bond donors (Lipinski definition) is 2. The van der Waals surface area contributed by atoms with Crippen LogP contribution in [0.4, 0.5) is 5.82 Å². The van der Waals surface area contributed by atoms with Crippen molar-refractivity contribution in [3.8, 4) is 0 Å². The Kier molecular flexibility index (Phi) is 4.77. The first-order valence-electron chi connectivity index (χ1n) is 7.10. The molecule has 1 aromatic rings. The van der Waals surface area contributed by atoms with Crippen LogP contribution in [0.2, 0.25) is 0 Å². The van der Waals surface area contributed by atoms with Crippen LogP contribution in [-0.2, 0) is 9.53 Å². The van der Waals surface area contributed by atoms with E-state index in [4.69, 9.17) is 4.74 Å². The second-order valence-corrected chi connectivity index (χ2v) is 5.43. The number of anilines is 1. The van der Waals surface area contributed by atoms with E-state index in [-0.39, 0.29) is 6.42 Å². The number of methoxy groups -OCH3 is 1. The maximum absolute atomic E-state index is 11.8. The van der Waals surface area contributed by atoms with E-state index in [1.54, 1.807) is 18.3 Å². The number of pyridine rings is 1. The maximum Gasteiger partial charge on any atom is 0.341 e. The zero-order chi connectivity index (χ0) is 15.3. The molecule has 0 spiro atoms. The predicted octanol–water partition coefficient (Wildman–Crippen LogP) is 2.46. The molecule has 1 aliphatic rings. The minimum atomic E-state index is -0.847. The zero-order valence-electron chi connectivity index (χ0n) is 12.1. The lowest BCUT2D eigenvalue weighted by molar-refractivity contribution is -0.138. The summed E-state index contributed by atoms with van der Waals surface area (Å²) in [5.41, 5.74) is -0.211. The number of carboxylic acids is 1. The minimum Gasteiger partial charge on any atom is -0.481 e. The zero-order valence-corrected chi connectivity index (χ0v) is 12.1. The standard InChI is InChI=1S/C15H20N2O4/c1-21-14(20)11-6-5-9-16-13(11)17-15(10-12(18)19)7-3-2-4-8-15/h5-6,9H,2-4,7-8,10H2,1H3,(H,16,17)(H,18,19). The molecular weight excluding hydrogens is 272 g/mol. The molecule has 0 aliphatic heterocycles. The molecule has 114 valence electrons. The number of ether oxygens (including phenoxy) is 1. The summed E-state index contributed by atoms with van der Waals surface area (Å²) in [6.07, 6.45) is 6.17. The number of carbonyl (C=O) groups excluding carboxylic acids is 1. The first-order chi connectivity index (χ1) is 10.1. The number of hydrogen-bond acceptors (Lipinski definition) is 5. The molecule has 2 rings (SSSR count). The Balaban J connectivity index is 2.28. The van der Waals surface area contributed by atoms with Gasteiger partial charge in [-0.15, -0.1) is 0 Å². The predicted molar refractivity (Wildman–Crippen MR) is 77.3 cm³/mol. The van der Waals surface area contributed by atoms with Crippen molar-refractivity contribution in [2.75, 3.05) is 12.4 Å². The fourth-order valence-corrected chi connectivity index (χ4v) is 2.89. The lowest BCUT2D eigenvalue weighted by Crippen LogP contribution is -2.43. The van der Waals surface area contributed by atoms with Gasteiger partial charge >= 0.3 is 11.9 Å². The minimum absolute atomic E-state index is 0.0180. The van der Waals surface area contributed by atoms with Gasteiger partial charge in [-0.3, -0.25) is 4.79 Å². The summed E-state index contributed by atoms with van der Waals surface area (Å²) in [6, 6.07) is 3.28. The summed E-state index contributed by atoms with van der Waals surface area (Å²) in [5, 5.41) is 12.4. The Bertz CT molecular complexity index is 524. The molecule has 0 bridgehead atoms. The lowest BCUT2D eigenvalue weighted by atomic mass is 9.79. The number of carbonyl (C=O) groups is 2. The first kappa shape index (κ1) is 15.3. The number of carboxylic acid groups (broad SMARTS) is 1. The molecule has 6 heteroatoms. The van der Waals surface area contributed by atoms with E-state index in [0.717, 1.165) is 32.1 Å². The van der Waals surface area contributed by atoms with Crippen molar-refractivity contribution in [1.82, 2.24) is 4.98 Å². The normalized spacial score (nSPS) is 17.0. The van der Waals surface area contributed by atoms with Crippen molar-refractivity contribution in [3.05, 3.63) is 23.9 Å². The summed E-state index contributed by atoms with van der Waals surface area (Å²) in [4.78, 5) is 27.2. The molecule has 0 atom stereocenters. The molecule has 1 saturated carbocycles. The first-order valence-corrected chi connectivity index (χ1v) is 7.10. The van der Waals surface area contributed by atoms with Crippen LogP contribution in [0.15, 0.2) is 18.3 Å². The third-order valence-electron chi connectivity index (χ3n) is 3.90. The Morgan fingerprint density at radius 1 is 1.38 bits per heavy atom. The van der Waals surface area contributed by atoms with Crippen LogP contribution in [0.3, 0.4) is 0 Å². The van der Waals surface area contributed by atoms with Crippen LogP contribution in [0, 0.1) is 0 Å². The third kappa shape index (κ3) is 3.71. The highest BCUT2D eigenvalue weighted by molar-refractivity contribution is 5.94. The van der Waals surface area contributed by atoms with Crippen molar-refractivity contribution in [1.29, 1.82) is 0 Å². The molecule has 1 aromatic heterocycles. The Labute approximate surface area is 123 Å². The van der Waals surface area contributed by atoms with Gasteiger partial charge in [0, 0.05) is 11.7 Å². The largest absolute Gasteiger partial charge is 0.481 e. The van der Waals surface area contributed by atoms with Gasteiger partial charge in [0.15, 0.2) is 0 Å². The van der Waals surface area contributed by atoms with Gasteiger partial charge in [-0.2, -0.15) is 0 Å². The van der Waals surface area contributed by atoms with E-state index in [1.807, 2.05) is 0 Å². The van der Waals surface area contributed by atoms with Crippen LogP contribution < -0.4 is 5.32 Å². The molecule has 0 radical (unpaired) electrons. The van der Waals surface area contributed by atoms with E-state index in [9.17, 15) is 14.7 Å². The lowest BCUT2D eigenvalue weighted by Gasteiger charge is -2.37. The van der Waals surface area contributed by atoms with E-state index in [1.165, 1.54) is 7.11 Å². The van der Waals surface area contributed by atoms with Crippen LogP contribution in [0.5, 0.6) is 0 Å². The van der Waals surface area contributed by atoms with Crippen molar-refractivity contribution >= 4 is 17.8 Å². The van der Waals surface area contributed by atoms with Crippen LogP contribution in [0.1, 0.15) is 48.9 Å². The van der Waals surface area contributed by atoms with E-state index >= 15 is 0 Å². The third-order valence-corrected chi connectivity index (χ3v) is 3.90. The van der Waals surface area contributed by atoms with Gasteiger partial charge in [-0.05, 0) is 25.0 Å². The number of rotatable bonds is 5. The van der Waals surface area contributed by atoms with Gasteiger partial charge < -0.3 is 15.2 Å². The number of aliphatic carboxylic acids is 1. The topological polar surface area (TPSA) is 88.5 Å². The molecule has 0 amide bonds. The van der Waals surface area contributed by atoms with Crippen molar-refractivity contribution < 1.29 is 19.4 Å². The monoisotopic (exact) mass is 292 g/mol. The van der Waals surface area contributed by atoms with Crippen LogP contribution in [-0.4, -0.2) is 34.7 Å². The van der Waals surface area contributed by atoms with Crippen molar-refractivity contribution in [2.24, 2.45) is 0 Å². The van der Waals surface area contributed by atoms with Gasteiger partial charge in [0.05, 0.1) is 13.5 Å². The quantitative estimate of drug-likeness (QED) is 0.810. The molecule has 2 N–H and O–H groups in total. The molecule has 6 nitrogen and oxygen atoms in total. The summed E-state index contributed by atoms with van der Waals surface area (Å²) >= 11 is 0. The molecule has 0 saturated heterocycles. The van der Waals surface area contributed by atoms with Crippen molar-refractivity contribution in [2.45, 2.75) is 44.1 Å². The van der Waals surface area contributed by atoms with Gasteiger partial charge in [0.2, 0.25) is 0 Å². The number of esters is 1. The molecule has 0 aromatic carbocycles. The Morgan fingerprint density at radius 3 is 2.71 bits per heavy atom. The number of aromatic nitrogens is 1. The summed E-state index contributed by atoms with van der Waals surface area (Å²) in [6.45, 7) is 0. The fraction of sp³-hybridized carbons (Fsp3) is 0.533. The molecule has 1 fully saturated rings. The molecule has 1 heterocycles. The Morgan fingerprint density at radius 2 is 2.10 bits per heavy atom. The van der Waals surface area contributed by atoms with Gasteiger partial charge in [-0.25, -0.2) is 9.78 Å². The van der Waals surface area contributed by atoms with Gasteiger partial charge in [0.1, 0.15) is 11.4 Å². The average molecular weight is 292 g/mol. The van der Waals surface area contributed by atoms with E-state index in [2.05, 4.69) is 10.3 Å². The second kappa shape index (κ2) is 6.56. The average Bonchev–Trinajstić information content (AvgIpc) is 2.47.